The van der Waals surface area contributed by atoms with Gasteiger partial charge in [-0.15, -0.1) is 11.8 Å². The van der Waals surface area contributed by atoms with Crippen molar-refractivity contribution in [3.05, 3.63) is 119 Å². The number of sulfonamides is 1. The fourth-order valence-corrected chi connectivity index (χ4v) is 14.4. The Kier molecular flexibility index (Phi) is 19.0. The second-order valence-electron chi connectivity index (χ2n) is 19.4. The van der Waals surface area contributed by atoms with Crippen LogP contribution in [0.2, 0.25) is 5.02 Å². The molecule has 2 N–H and O–H groups in total. The standard InChI is InChI=1S/C52H70ClN6O8PS3/c1-6-66-68(61,67-7-2)39-58-29-27-56(28-30-58)26-24-44(38-69-46-11-9-8-10-12-46)54-49-22-21-47(35-50(49)70(5,62)63)71(64,65)55-51(60)41-15-19-45(20-16-41)59-33-31-57(32-34-59)37-42-36-52(3,4)25-23-48(42)40-13-17-43(53)18-14-40/h8-22,35,44,54H,6-7,23-34,36-39H2,1-5H3,(H,55,60)/t44-/m1/s1. The SMILES string of the molecule is CCOP(=O)(CN1CCN(CC[C@H](CSc2ccccc2)Nc2ccc(S(=O)(=O)NC(=O)c3ccc(N4CCN(CC5=C(c6ccc(Cl)cc6)CCC(C)(C)C5)CC4)cc3)cc2S(C)(=O)=O)CC1)OCC. The number of rotatable bonds is 22. The third kappa shape index (κ3) is 15.6. The van der Waals surface area contributed by atoms with Gasteiger partial charge in [-0.05, 0) is 123 Å². The average Bonchev–Trinajstić information content (AvgIpc) is 3.33. The molecule has 386 valence electrons. The van der Waals surface area contributed by atoms with Crippen molar-refractivity contribution in [2.75, 3.05) is 107 Å². The average molecular weight is 1070 g/mol. The quantitative estimate of drug-likeness (QED) is 0.0567. The Labute approximate surface area is 431 Å². The molecule has 4 aromatic carbocycles. The Morgan fingerprint density at radius 3 is 2.08 bits per heavy atom. The lowest BCUT2D eigenvalue weighted by Crippen LogP contribution is -2.47. The largest absolute Gasteiger partial charge is 0.380 e. The number of hydrogen-bond acceptors (Lipinski definition) is 14. The van der Waals surface area contributed by atoms with E-state index in [4.69, 9.17) is 20.6 Å². The molecule has 0 spiro atoms. The molecule has 3 aliphatic rings. The summed E-state index contributed by atoms with van der Waals surface area (Å²) in [5, 5.41) is 4.18. The van der Waals surface area contributed by atoms with Gasteiger partial charge in [0.25, 0.3) is 15.9 Å². The summed E-state index contributed by atoms with van der Waals surface area (Å²) in [6, 6.07) is 28.7. The topological polar surface area (TPSA) is 158 Å². The number of amides is 1. The zero-order chi connectivity index (χ0) is 50.8. The number of thioether (sulfide) groups is 1. The first kappa shape index (κ1) is 55.0. The molecule has 0 radical (unpaired) electrons. The fourth-order valence-electron chi connectivity index (χ4n) is 9.54. The number of nitrogens with one attached hydrogen (secondary N) is 2. The van der Waals surface area contributed by atoms with Gasteiger partial charge in [0.2, 0.25) is 0 Å². The van der Waals surface area contributed by atoms with Gasteiger partial charge in [-0.25, -0.2) is 21.6 Å². The summed E-state index contributed by atoms with van der Waals surface area (Å²) in [5.41, 5.74) is 5.81. The molecule has 2 aliphatic heterocycles. The van der Waals surface area contributed by atoms with Gasteiger partial charge in [0.05, 0.1) is 28.7 Å². The lowest BCUT2D eigenvalue weighted by molar-refractivity contribution is 0.0981. The Balaban J connectivity index is 0.966. The first-order valence-electron chi connectivity index (χ1n) is 24.5. The summed E-state index contributed by atoms with van der Waals surface area (Å²) < 4.78 is 80.5. The van der Waals surface area contributed by atoms with Gasteiger partial charge in [-0.3, -0.25) is 19.2 Å². The van der Waals surface area contributed by atoms with Gasteiger partial charge in [0.1, 0.15) is 6.29 Å². The lowest BCUT2D eigenvalue weighted by Gasteiger charge is -2.39. The van der Waals surface area contributed by atoms with Crippen molar-refractivity contribution in [3.63, 3.8) is 0 Å². The number of benzene rings is 4. The highest BCUT2D eigenvalue weighted by Gasteiger charge is 2.32. The molecule has 71 heavy (non-hydrogen) atoms. The molecule has 2 saturated heterocycles. The molecule has 0 bridgehead atoms. The normalized spacial score (nSPS) is 18.1. The van der Waals surface area contributed by atoms with Crippen LogP contribution in [0.5, 0.6) is 0 Å². The molecular weight excluding hydrogens is 999 g/mol. The van der Waals surface area contributed by atoms with Gasteiger partial charge < -0.3 is 24.2 Å². The van der Waals surface area contributed by atoms with E-state index in [1.54, 1.807) is 37.7 Å². The number of sulfone groups is 1. The number of carbonyl (C=O) groups excluding carboxylic acids is 1. The van der Waals surface area contributed by atoms with Crippen LogP contribution in [-0.2, 0) is 33.5 Å². The van der Waals surface area contributed by atoms with Crippen LogP contribution in [0, 0.1) is 5.41 Å². The van der Waals surface area contributed by atoms with Crippen LogP contribution in [0.15, 0.2) is 117 Å². The number of piperazine rings is 2. The number of anilines is 2. The monoisotopic (exact) mass is 1070 g/mol. The minimum Gasteiger partial charge on any atom is -0.380 e. The van der Waals surface area contributed by atoms with Crippen molar-refractivity contribution in [3.8, 4) is 0 Å². The maximum absolute atomic E-state index is 13.8. The molecule has 0 unspecified atom stereocenters. The molecular formula is C52H70ClN6O8PS3. The third-order valence-corrected chi connectivity index (χ3v) is 19.3. The Morgan fingerprint density at radius 1 is 0.817 bits per heavy atom. The maximum atomic E-state index is 13.8. The van der Waals surface area contributed by atoms with Crippen LogP contribution >= 0.6 is 31.0 Å². The summed E-state index contributed by atoms with van der Waals surface area (Å²) in [4.78, 5) is 23.2. The van der Waals surface area contributed by atoms with Crippen molar-refractivity contribution in [1.82, 2.24) is 19.4 Å². The van der Waals surface area contributed by atoms with E-state index in [1.807, 2.05) is 54.6 Å². The molecule has 0 aromatic heterocycles. The van der Waals surface area contributed by atoms with Gasteiger partial charge in [0, 0.05) is 105 Å². The molecule has 4 aromatic rings. The molecule has 0 saturated carbocycles. The van der Waals surface area contributed by atoms with Gasteiger partial charge >= 0.3 is 7.60 Å². The minimum absolute atomic E-state index is 0.162. The van der Waals surface area contributed by atoms with Gasteiger partial charge in [-0.1, -0.05) is 61.4 Å². The van der Waals surface area contributed by atoms with E-state index in [0.717, 1.165) is 93.0 Å². The van der Waals surface area contributed by atoms with E-state index >= 15 is 0 Å². The number of hydrogen-bond donors (Lipinski definition) is 2. The highest BCUT2D eigenvalue weighted by Crippen LogP contribution is 2.48. The van der Waals surface area contributed by atoms with Crippen molar-refractivity contribution >= 4 is 73.7 Å². The molecule has 19 heteroatoms. The molecule has 1 atom stereocenters. The number of nitrogens with zero attached hydrogens (tertiary/aromatic N) is 4. The van der Waals surface area contributed by atoms with E-state index in [-0.39, 0.29) is 38.8 Å². The molecule has 7 rings (SSSR count). The summed E-state index contributed by atoms with van der Waals surface area (Å²) in [5.74, 6) is -0.213. The molecule has 1 aliphatic carbocycles. The van der Waals surface area contributed by atoms with E-state index < -0.39 is 33.4 Å². The predicted octanol–water partition coefficient (Wildman–Crippen LogP) is 9.45. The Morgan fingerprint density at radius 2 is 1.45 bits per heavy atom. The van der Waals surface area contributed by atoms with E-state index in [9.17, 15) is 26.2 Å². The van der Waals surface area contributed by atoms with Crippen LogP contribution in [0.3, 0.4) is 0 Å². The Bertz CT molecular complexity index is 2720. The number of halogens is 1. The summed E-state index contributed by atoms with van der Waals surface area (Å²) in [6.07, 6.45) is 5.20. The minimum atomic E-state index is -4.48. The fraction of sp³-hybridized carbons (Fsp3) is 0.481. The second kappa shape index (κ2) is 24.5. The lowest BCUT2D eigenvalue weighted by atomic mass is 9.73. The van der Waals surface area contributed by atoms with Crippen LogP contribution in [-0.4, -0.2) is 140 Å². The zero-order valence-electron chi connectivity index (χ0n) is 41.6. The summed E-state index contributed by atoms with van der Waals surface area (Å²) in [6.45, 7) is 16.8. The van der Waals surface area contributed by atoms with Crippen molar-refractivity contribution in [2.24, 2.45) is 5.41 Å². The zero-order valence-corrected chi connectivity index (χ0v) is 45.7. The highest BCUT2D eigenvalue weighted by molar-refractivity contribution is 7.99. The smallest absolute Gasteiger partial charge is 0.344 e. The number of allylic oxidation sites excluding steroid dienone is 1. The third-order valence-electron chi connectivity index (χ3n) is 13.4. The van der Waals surface area contributed by atoms with Crippen molar-refractivity contribution in [2.45, 2.75) is 74.1 Å². The van der Waals surface area contributed by atoms with Gasteiger partial charge in [0.15, 0.2) is 9.84 Å². The van der Waals surface area contributed by atoms with E-state index in [2.05, 4.69) is 55.6 Å². The first-order chi connectivity index (χ1) is 33.8. The van der Waals surface area contributed by atoms with Gasteiger partial charge in [-0.2, -0.15) is 0 Å². The van der Waals surface area contributed by atoms with Crippen molar-refractivity contribution < 1.29 is 35.2 Å². The van der Waals surface area contributed by atoms with Crippen LogP contribution in [0.4, 0.5) is 11.4 Å². The predicted molar refractivity (Wildman–Crippen MR) is 288 cm³/mol. The second-order valence-corrected chi connectivity index (χ2v) is 26.6. The van der Waals surface area contributed by atoms with Crippen LogP contribution in [0.25, 0.3) is 5.57 Å². The number of carbonyl (C=O) groups is 1. The van der Waals surface area contributed by atoms with Crippen molar-refractivity contribution in [1.29, 1.82) is 0 Å². The molecule has 1 amide bonds. The summed E-state index contributed by atoms with van der Waals surface area (Å²) >= 11 is 7.86. The highest BCUT2D eigenvalue weighted by atomic mass is 35.5. The molecule has 14 nitrogen and oxygen atoms in total. The van der Waals surface area contributed by atoms with Crippen LogP contribution < -0.4 is 14.9 Å². The summed E-state index contributed by atoms with van der Waals surface area (Å²) in [7, 11) is -11.6. The molecule has 2 heterocycles. The van der Waals surface area contributed by atoms with E-state index in [0.29, 0.717) is 45.0 Å². The van der Waals surface area contributed by atoms with Crippen LogP contribution in [0.1, 0.15) is 69.3 Å². The maximum Gasteiger partial charge on any atom is 0.344 e. The first-order valence-corrected chi connectivity index (χ1v) is 31.0. The molecule has 2 fully saturated rings. The van der Waals surface area contributed by atoms with E-state index in [1.165, 1.54) is 28.8 Å². The Hall–Kier alpha value is -3.74.